The zero-order valence-corrected chi connectivity index (χ0v) is 9.31. The van der Waals surface area contributed by atoms with Gasteiger partial charge in [-0.05, 0) is 25.2 Å². The Kier molecular flexibility index (Phi) is 3.93. The average molecular weight is 198 g/mol. The fraction of sp³-hybridized carbons (Fsp3) is 0.909. The summed E-state index contributed by atoms with van der Waals surface area (Å²) in [6.07, 6.45) is 4.09. The van der Waals surface area contributed by atoms with Crippen molar-refractivity contribution in [2.24, 2.45) is 17.1 Å². The van der Waals surface area contributed by atoms with E-state index in [-0.39, 0.29) is 11.3 Å². The van der Waals surface area contributed by atoms with Gasteiger partial charge >= 0.3 is 0 Å². The molecule has 0 unspecified atom stereocenters. The number of amides is 1. The minimum Gasteiger partial charge on any atom is -0.356 e. The molecule has 0 radical (unpaired) electrons. The van der Waals surface area contributed by atoms with Crippen LogP contribution in [0.1, 0.15) is 39.5 Å². The van der Waals surface area contributed by atoms with Gasteiger partial charge in [0.25, 0.3) is 0 Å². The van der Waals surface area contributed by atoms with Crippen LogP contribution in [0.4, 0.5) is 0 Å². The highest BCUT2D eigenvalue weighted by Gasteiger charge is 2.46. The zero-order valence-electron chi connectivity index (χ0n) is 9.31. The van der Waals surface area contributed by atoms with Crippen LogP contribution >= 0.6 is 0 Å². The first-order valence-electron chi connectivity index (χ1n) is 5.63. The Labute approximate surface area is 86.4 Å². The second kappa shape index (κ2) is 4.78. The van der Waals surface area contributed by atoms with Crippen LogP contribution in [0, 0.1) is 11.3 Å². The molecule has 14 heavy (non-hydrogen) atoms. The van der Waals surface area contributed by atoms with E-state index in [1.807, 2.05) is 0 Å². The Morgan fingerprint density at radius 3 is 2.64 bits per heavy atom. The second-order valence-corrected chi connectivity index (χ2v) is 4.61. The number of unbranched alkanes of at least 4 members (excludes halogenated alkanes) is 1. The number of nitrogens with two attached hydrogens (primary N) is 1. The molecule has 0 heterocycles. The Morgan fingerprint density at radius 2 is 2.21 bits per heavy atom. The van der Waals surface area contributed by atoms with E-state index in [2.05, 4.69) is 19.2 Å². The highest BCUT2D eigenvalue weighted by molar-refractivity contribution is 5.83. The van der Waals surface area contributed by atoms with Crippen LogP contribution in [-0.2, 0) is 4.79 Å². The van der Waals surface area contributed by atoms with Crippen molar-refractivity contribution in [2.75, 3.05) is 13.1 Å². The van der Waals surface area contributed by atoms with Crippen molar-refractivity contribution < 1.29 is 4.79 Å². The van der Waals surface area contributed by atoms with Gasteiger partial charge in [0.1, 0.15) is 0 Å². The fourth-order valence-corrected chi connectivity index (χ4v) is 2.29. The van der Waals surface area contributed by atoms with Crippen molar-refractivity contribution in [3.05, 3.63) is 0 Å². The maximum Gasteiger partial charge on any atom is 0.227 e. The molecule has 0 aromatic rings. The first-order valence-corrected chi connectivity index (χ1v) is 5.63. The quantitative estimate of drug-likeness (QED) is 0.654. The standard InChI is InChI=1S/C11H22N2O/c1-3-4-5-13-10(14)11(8-12)6-9(2)7-11/h9H,3-8,12H2,1-2H3,(H,13,14). The number of carbonyl (C=O) groups excluding carboxylic acids is 1. The summed E-state index contributed by atoms with van der Waals surface area (Å²) in [6.45, 7) is 5.59. The highest BCUT2D eigenvalue weighted by Crippen LogP contribution is 2.44. The van der Waals surface area contributed by atoms with E-state index in [9.17, 15) is 4.79 Å². The molecule has 1 fully saturated rings. The molecule has 1 amide bonds. The van der Waals surface area contributed by atoms with Gasteiger partial charge in [-0.3, -0.25) is 4.79 Å². The summed E-state index contributed by atoms with van der Waals surface area (Å²) in [5.41, 5.74) is 5.45. The van der Waals surface area contributed by atoms with Crippen LogP contribution in [0.15, 0.2) is 0 Å². The molecular formula is C11H22N2O. The predicted molar refractivity (Wildman–Crippen MR) is 57.8 cm³/mol. The van der Waals surface area contributed by atoms with E-state index >= 15 is 0 Å². The Hall–Kier alpha value is -0.570. The largest absolute Gasteiger partial charge is 0.356 e. The molecule has 0 bridgehead atoms. The van der Waals surface area contributed by atoms with Crippen molar-refractivity contribution in [3.63, 3.8) is 0 Å². The van der Waals surface area contributed by atoms with Crippen LogP contribution in [-0.4, -0.2) is 19.0 Å². The lowest BCUT2D eigenvalue weighted by molar-refractivity contribution is -0.138. The van der Waals surface area contributed by atoms with Crippen molar-refractivity contribution in [1.82, 2.24) is 5.32 Å². The Balaban J connectivity index is 2.34. The van der Waals surface area contributed by atoms with Gasteiger partial charge < -0.3 is 11.1 Å². The van der Waals surface area contributed by atoms with E-state index in [1.165, 1.54) is 0 Å². The first-order chi connectivity index (χ1) is 6.64. The molecule has 82 valence electrons. The van der Waals surface area contributed by atoms with Gasteiger partial charge in [0.2, 0.25) is 5.91 Å². The van der Waals surface area contributed by atoms with Gasteiger partial charge in [0.05, 0.1) is 5.41 Å². The van der Waals surface area contributed by atoms with Gasteiger partial charge in [0.15, 0.2) is 0 Å². The van der Waals surface area contributed by atoms with Crippen molar-refractivity contribution in [2.45, 2.75) is 39.5 Å². The van der Waals surface area contributed by atoms with E-state index in [4.69, 9.17) is 5.73 Å². The van der Waals surface area contributed by atoms with Crippen LogP contribution in [0.5, 0.6) is 0 Å². The minimum atomic E-state index is -0.229. The molecule has 3 N–H and O–H groups in total. The van der Waals surface area contributed by atoms with E-state index < -0.39 is 0 Å². The molecule has 0 aliphatic heterocycles. The lowest BCUT2D eigenvalue weighted by Crippen LogP contribution is -2.53. The molecule has 1 saturated carbocycles. The number of rotatable bonds is 5. The summed E-state index contributed by atoms with van der Waals surface area (Å²) in [5.74, 6) is 0.835. The Morgan fingerprint density at radius 1 is 1.57 bits per heavy atom. The third-order valence-corrected chi connectivity index (χ3v) is 3.17. The number of hydrogen-bond donors (Lipinski definition) is 2. The van der Waals surface area contributed by atoms with Gasteiger partial charge in [-0.2, -0.15) is 0 Å². The van der Waals surface area contributed by atoms with Crippen molar-refractivity contribution in [3.8, 4) is 0 Å². The van der Waals surface area contributed by atoms with Crippen LogP contribution < -0.4 is 11.1 Å². The first kappa shape index (κ1) is 11.5. The molecular weight excluding hydrogens is 176 g/mol. The van der Waals surface area contributed by atoms with E-state index in [1.54, 1.807) is 0 Å². The van der Waals surface area contributed by atoms with Crippen LogP contribution in [0.3, 0.4) is 0 Å². The minimum absolute atomic E-state index is 0.173. The summed E-state index contributed by atoms with van der Waals surface area (Å²) < 4.78 is 0. The number of carbonyl (C=O) groups is 1. The molecule has 0 spiro atoms. The molecule has 3 nitrogen and oxygen atoms in total. The third kappa shape index (κ3) is 2.27. The molecule has 0 atom stereocenters. The summed E-state index contributed by atoms with van der Waals surface area (Å²) in [4.78, 5) is 11.8. The molecule has 0 saturated heterocycles. The SMILES string of the molecule is CCCCNC(=O)C1(CN)CC(C)C1. The molecule has 1 rings (SSSR count). The van der Waals surface area contributed by atoms with Gasteiger partial charge in [-0.1, -0.05) is 20.3 Å². The Bertz CT molecular complexity index is 197. The lowest BCUT2D eigenvalue weighted by atomic mass is 9.62. The summed E-state index contributed by atoms with van der Waals surface area (Å²) in [7, 11) is 0. The maximum atomic E-state index is 11.8. The zero-order chi connectivity index (χ0) is 10.6. The summed E-state index contributed by atoms with van der Waals surface area (Å²) >= 11 is 0. The second-order valence-electron chi connectivity index (χ2n) is 4.61. The van der Waals surface area contributed by atoms with Gasteiger partial charge in [0, 0.05) is 13.1 Å². The monoisotopic (exact) mass is 198 g/mol. The fourth-order valence-electron chi connectivity index (χ4n) is 2.29. The molecule has 0 aromatic heterocycles. The third-order valence-electron chi connectivity index (χ3n) is 3.17. The van der Waals surface area contributed by atoms with Gasteiger partial charge in [-0.15, -0.1) is 0 Å². The predicted octanol–water partition coefficient (Wildman–Crippen LogP) is 1.28. The maximum absolute atomic E-state index is 11.8. The molecule has 1 aliphatic rings. The van der Waals surface area contributed by atoms with Gasteiger partial charge in [-0.25, -0.2) is 0 Å². The molecule has 3 heteroatoms. The van der Waals surface area contributed by atoms with E-state index in [0.717, 1.165) is 32.2 Å². The number of nitrogens with one attached hydrogen (secondary N) is 1. The van der Waals surface area contributed by atoms with E-state index in [0.29, 0.717) is 12.5 Å². The smallest absolute Gasteiger partial charge is 0.227 e. The normalized spacial score (nSPS) is 30.9. The lowest BCUT2D eigenvalue weighted by Gasteiger charge is -2.44. The molecule has 0 aromatic carbocycles. The van der Waals surface area contributed by atoms with Crippen LogP contribution in [0.2, 0.25) is 0 Å². The van der Waals surface area contributed by atoms with Crippen molar-refractivity contribution >= 4 is 5.91 Å². The van der Waals surface area contributed by atoms with Crippen LogP contribution in [0.25, 0.3) is 0 Å². The summed E-state index contributed by atoms with van der Waals surface area (Å²) in [6, 6.07) is 0. The highest BCUT2D eigenvalue weighted by atomic mass is 16.2. The summed E-state index contributed by atoms with van der Waals surface area (Å²) in [5, 5.41) is 2.98. The topological polar surface area (TPSA) is 55.1 Å². The average Bonchev–Trinajstić information content (AvgIpc) is 2.12. The molecule has 1 aliphatic carbocycles. The van der Waals surface area contributed by atoms with Crippen molar-refractivity contribution in [1.29, 1.82) is 0 Å². The number of hydrogen-bond acceptors (Lipinski definition) is 2.